The van der Waals surface area contributed by atoms with Crippen molar-refractivity contribution in [2.24, 2.45) is 0 Å². The second-order valence-electron chi connectivity index (χ2n) is 9.62. The topological polar surface area (TPSA) is 86.8 Å². The normalized spacial score (nSPS) is 14.5. The molecule has 0 aromatic heterocycles. The van der Waals surface area contributed by atoms with Crippen LogP contribution >= 0.6 is 27.5 Å². The van der Waals surface area contributed by atoms with Gasteiger partial charge in [-0.2, -0.15) is 0 Å². The van der Waals surface area contributed by atoms with E-state index in [4.69, 9.17) is 11.6 Å². The average Bonchev–Trinajstić information content (AvgIpc) is 3.44. The zero-order valence-electron chi connectivity index (χ0n) is 21.6. The van der Waals surface area contributed by atoms with Crippen LogP contribution < -0.4 is 9.62 Å². The zero-order valence-corrected chi connectivity index (χ0v) is 24.8. The van der Waals surface area contributed by atoms with Crippen LogP contribution in [0, 0.1) is 0 Å². The van der Waals surface area contributed by atoms with E-state index in [9.17, 15) is 18.0 Å². The summed E-state index contributed by atoms with van der Waals surface area (Å²) in [5, 5.41) is 3.47. The number of halogens is 2. The van der Waals surface area contributed by atoms with E-state index in [2.05, 4.69) is 21.2 Å². The second-order valence-corrected chi connectivity index (χ2v) is 12.8. The van der Waals surface area contributed by atoms with Gasteiger partial charge in [0.1, 0.15) is 12.6 Å². The van der Waals surface area contributed by atoms with Crippen molar-refractivity contribution in [3.05, 3.63) is 93.9 Å². The molecule has 4 rings (SSSR count). The summed E-state index contributed by atoms with van der Waals surface area (Å²) in [6.45, 7) is 1.35. The van der Waals surface area contributed by atoms with E-state index in [-0.39, 0.29) is 23.4 Å². The Kier molecular flexibility index (Phi) is 9.69. The fraction of sp³-hybridized carbons (Fsp3) is 0.310. The minimum atomic E-state index is -4.12. The Morgan fingerprint density at radius 2 is 1.59 bits per heavy atom. The van der Waals surface area contributed by atoms with Crippen molar-refractivity contribution >= 4 is 55.1 Å². The van der Waals surface area contributed by atoms with Crippen LogP contribution in [0.15, 0.2) is 88.2 Å². The molecule has 2 amide bonds. The van der Waals surface area contributed by atoms with E-state index in [0.717, 1.165) is 40.0 Å². The number of hydrogen-bond donors (Lipinski definition) is 1. The minimum Gasteiger partial charge on any atom is -0.352 e. The molecule has 3 aromatic rings. The van der Waals surface area contributed by atoms with E-state index in [1.165, 1.54) is 29.2 Å². The van der Waals surface area contributed by atoms with Crippen molar-refractivity contribution in [1.82, 2.24) is 10.2 Å². The van der Waals surface area contributed by atoms with Gasteiger partial charge < -0.3 is 10.2 Å². The van der Waals surface area contributed by atoms with Crippen LogP contribution in [0.3, 0.4) is 0 Å². The first kappa shape index (κ1) is 29.1. The first-order valence-electron chi connectivity index (χ1n) is 12.8. The molecule has 206 valence electrons. The number of benzene rings is 3. The maximum atomic E-state index is 13.9. The molecule has 1 atom stereocenters. The van der Waals surface area contributed by atoms with Gasteiger partial charge in [-0.15, -0.1) is 0 Å². The first-order chi connectivity index (χ1) is 18.6. The molecule has 7 nitrogen and oxygen atoms in total. The molecule has 1 N–H and O–H groups in total. The number of nitrogens with zero attached hydrogens (tertiary/aromatic N) is 2. The van der Waals surface area contributed by atoms with E-state index < -0.39 is 28.5 Å². The molecule has 0 radical (unpaired) electrons. The Hall–Kier alpha value is -2.88. The fourth-order valence-corrected chi connectivity index (χ4v) is 6.42. The predicted molar refractivity (Wildman–Crippen MR) is 157 cm³/mol. The number of sulfonamides is 1. The summed E-state index contributed by atoms with van der Waals surface area (Å²) in [6, 6.07) is 21.0. The molecule has 3 aromatic carbocycles. The lowest BCUT2D eigenvalue weighted by molar-refractivity contribution is -0.139. The lowest BCUT2D eigenvalue weighted by atomic mass is 10.1. The minimum absolute atomic E-state index is 0.00929. The Bertz CT molecular complexity index is 1380. The molecular weight excluding hydrogens is 602 g/mol. The van der Waals surface area contributed by atoms with Crippen molar-refractivity contribution in [3.8, 4) is 0 Å². The van der Waals surface area contributed by atoms with Gasteiger partial charge in [-0.05, 0) is 73.9 Å². The van der Waals surface area contributed by atoms with E-state index >= 15 is 0 Å². The molecule has 10 heteroatoms. The summed E-state index contributed by atoms with van der Waals surface area (Å²) in [5.74, 6) is -0.743. The average molecular weight is 633 g/mol. The Morgan fingerprint density at radius 1 is 0.974 bits per heavy atom. The van der Waals surface area contributed by atoms with Crippen LogP contribution in [-0.2, 0) is 26.2 Å². The third-order valence-electron chi connectivity index (χ3n) is 6.86. The van der Waals surface area contributed by atoms with Crippen molar-refractivity contribution in [1.29, 1.82) is 0 Å². The molecule has 1 fully saturated rings. The molecule has 1 saturated carbocycles. The number of carbonyl (C=O) groups is 2. The molecule has 0 bridgehead atoms. The van der Waals surface area contributed by atoms with E-state index in [0.29, 0.717) is 10.7 Å². The van der Waals surface area contributed by atoms with Gasteiger partial charge in [-0.3, -0.25) is 13.9 Å². The monoisotopic (exact) mass is 631 g/mol. The molecule has 0 saturated heterocycles. The number of amides is 2. The van der Waals surface area contributed by atoms with Crippen LogP contribution in [0.5, 0.6) is 0 Å². The standard InChI is InChI=1S/C29H31BrClN3O4S/c1-21(29(36)32-25-7-5-6-8-25)33(19-22-11-13-23(30)14-12-22)28(35)20-34(26-9-3-2-4-10-26)39(37,38)27-17-15-24(31)16-18-27/h2-4,9-18,21,25H,5-8,19-20H2,1H3,(H,32,36)/t21-/m0/s1. The number of nitrogens with one attached hydrogen (secondary N) is 1. The van der Waals surface area contributed by atoms with Gasteiger partial charge in [0.05, 0.1) is 10.6 Å². The number of para-hydroxylation sites is 1. The highest BCUT2D eigenvalue weighted by Crippen LogP contribution is 2.26. The van der Waals surface area contributed by atoms with Crippen LogP contribution in [0.1, 0.15) is 38.2 Å². The van der Waals surface area contributed by atoms with Crippen LogP contribution in [0.2, 0.25) is 5.02 Å². The Morgan fingerprint density at radius 3 is 2.21 bits per heavy atom. The quantitative estimate of drug-likeness (QED) is 0.307. The number of anilines is 1. The Labute approximate surface area is 243 Å². The highest BCUT2D eigenvalue weighted by Gasteiger charge is 2.33. The summed E-state index contributed by atoms with van der Waals surface area (Å²) in [5.41, 5.74) is 1.16. The van der Waals surface area contributed by atoms with Crippen molar-refractivity contribution in [2.75, 3.05) is 10.8 Å². The highest BCUT2D eigenvalue weighted by molar-refractivity contribution is 9.10. The SMILES string of the molecule is C[C@@H](C(=O)NC1CCCC1)N(Cc1ccc(Br)cc1)C(=O)CN(c1ccccc1)S(=O)(=O)c1ccc(Cl)cc1. The Balaban J connectivity index is 1.66. The fourth-order valence-electron chi connectivity index (χ4n) is 4.62. The molecular formula is C29H31BrClN3O4S. The molecule has 0 heterocycles. The van der Waals surface area contributed by atoms with Crippen LogP contribution in [-0.4, -0.2) is 43.8 Å². The van der Waals surface area contributed by atoms with Gasteiger partial charge >= 0.3 is 0 Å². The molecule has 1 aliphatic rings. The predicted octanol–water partition coefficient (Wildman–Crippen LogP) is 5.77. The first-order valence-corrected chi connectivity index (χ1v) is 15.4. The van der Waals surface area contributed by atoms with Crippen LogP contribution in [0.25, 0.3) is 0 Å². The van der Waals surface area contributed by atoms with Crippen molar-refractivity contribution in [3.63, 3.8) is 0 Å². The van der Waals surface area contributed by atoms with Gasteiger partial charge in [-0.1, -0.05) is 70.7 Å². The lowest BCUT2D eigenvalue weighted by Crippen LogP contribution is -2.52. The van der Waals surface area contributed by atoms with Gasteiger partial charge in [0, 0.05) is 22.1 Å². The largest absolute Gasteiger partial charge is 0.352 e. The van der Waals surface area contributed by atoms with Crippen LogP contribution in [0.4, 0.5) is 5.69 Å². The third-order valence-corrected chi connectivity index (χ3v) is 9.43. The summed E-state index contributed by atoms with van der Waals surface area (Å²) in [6.07, 6.45) is 3.96. The van der Waals surface area contributed by atoms with E-state index in [1.54, 1.807) is 37.3 Å². The van der Waals surface area contributed by atoms with Gasteiger partial charge in [-0.25, -0.2) is 8.42 Å². The molecule has 0 spiro atoms. The van der Waals surface area contributed by atoms with Gasteiger partial charge in [0.2, 0.25) is 11.8 Å². The second kappa shape index (κ2) is 13.0. The number of carbonyl (C=O) groups excluding carboxylic acids is 2. The maximum Gasteiger partial charge on any atom is 0.264 e. The summed E-state index contributed by atoms with van der Waals surface area (Å²) in [4.78, 5) is 28.6. The maximum absolute atomic E-state index is 13.9. The number of hydrogen-bond acceptors (Lipinski definition) is 4. The molecule has 39 heavy (non-hydrogen) atoms. The summed E-state index contributed by atoms with van der Waals surface area (Å²) in [7, 11) is -4.12. The van der Waals surface area contributed by atoms with E-state index in [1.807, 2.05) is 24.3 Å². The third kappa shape index (κ3) is 7.41. The number of rotatable bonds is 10. The summed E-state index contributed by atoms with van der Waals surface area (Å²) >= 11 is 9.41. The molecule has 0 aliphatic heterocycles. The van der Waals surface area contributed by atoms with Gasteiger partial charge in [0.25, 0.3) is 10.0 Å². The smallest absolute Gasteiger partial charge is 0.264 e. The summed E-state index contributed by atoms with van der Waals surface area (Å²) < 4.78 is 29.5. The highest BCUT2D eigenvalue weighted by atomic mass is 79.9. The zero-order chi connectivity index (χ0) is 28.0. The van der Waals surface area contributed by atoms with Crippen molar-refractivity contribution in [2.45, 2.75) is 56.1 Å². The lowest BCUT2D eigenvalue weighted by Gasteiger charge is -2.32. The van der Waals surface area contributed by atoms with Crippen molar-refractivity contribution < 1.29 is 18.0 Å². The van der Waals surface area contributed by atoms with Gasteiger partial charge in [0.15, 0.2) is 0 Å². The molecule has 0 unspecified atom stereocenters. The molecule has 1 aliphatic carbocycles.